The summed E-state index contributed by atoms with van der Waals surface area (Å²) in [6, 6.07) is 3.76. The van der Waals surface area contributed by atoms with Gasteiger partial charge in [0.25, 0.3) is 0 Å². The number of ether oxygens (including phenoxy) is 1. The first-order chi connectivity index (χ1) is 3.93. The molecule has 1 aromatic rings. The monoisotopic (exact) mass is 128 g/mol. The Labute approximate surface area is 51.9 Å². The maximum absolute atomic E-state index is 4.98. The molecule has 0 aromatic carbocycles. The average molecular weight is 128 g/mol. The van der Waals surface area contributed by atoms with Gasteiger partial charge < -0.3 is 4.74 Å². The Morgan fingerprint density at radius 1 is 1.75 bits per heavy atom. The molecule has 0 amide bonds. The lowest BCUT2D eigenvalue weighted by atomic mass is 10.7. The summed E-state index contributed by atoms with van der Waals surface area (Å²) in [6.45, 7) is 1.17. The second-order valence-corrected chi connectivity index (χ2v) is 2.10. The van der Waals surface area contributed by atoms with Crippen LogP contribution in [-0.2, 0) is 0 Å². The van der Waals surface area contributed by atoms with E-state index in [9.17, 15) is 0 Å². The van der Waals surface area contributed by atoms with Crippen molar-refractivity contribution in [3.63, 3.8) is 0 Å². The second-order valence-electron chi connectivity index (χ2n) is 1.19. The highest BCUT2D eigenvalue weighted by Crippen LogP contribution is 2.17. The van der Waals surface area contributed by atoms with Crippen molar-refractivity contribution in [2.45, 2.75) is 0 Å². The average Bonchev–Trinajstić information content (AvgIpc) is 2.19. The maximum Gasteiger partial charge on any atom is 0.199 e. The molecule has 1 rings (SSSR count). The van der Waals surface area contributed by atoms with E-state index in [0.29, 0.717) is 0 Å². The standard InChI is InChI=1S/C5H6NOS/c6-4-7-5-2-1-3-8-5/h1-4H,6H2. The van der Waals surface area contributed by atoms with Crippen LogP contribution in [0.2, 0.25) is 0 Å². The van der Waals surface area contributed by atoms with Gasteiger partial charge in [-0.05, 0) is 17.5 Å². The summed E-state index contributed by atoms with van der Waals surface area (Å²) in [4.78, 5) is 0. The molecule has 0 saturated heterocycles. The van der Waals surface area contributed by atoms with Crippen LogP contribution in [0.15, 0.2) is 17.5 Å². The van der Waals surface area contributed by atoms with Crippen LogP contribution < -0.4 is 10.5 Å². The van der Waals surface area contributed by atoms with E-state index < -0.39 is 0 Å². The van der Waals surface area contributed by atoms with Crippen molar-refractivity contribution in [3.05, 3.63) is 24.2 Å². The van der Waals surface area contributed by atoms with Crippen molar-refractivity contribution >= 4 is 11.3 Å². The van der Waals surface area contributed by atoms with Crippen LogP contribution in [0.5, 0.6) is 5.06 Å². The van der Waals surface area contributed by atoms with Gasteiger partial charge in [0.05, 0.1) is 0 Å². The third-order valence-electron chi connectivity index (χ3n) is 0.679. The highest BCUT2D eigenvalue weighted by atomic mass is 32.1. The molecule has 8 heavy (non-hydrogen) atoms. The minimum Gasteiger partial charge on any atom is -0.461 e. The summed E-state index contributed by atoms with van der Waals surface area (Å²) in [5.74, 6) is 0. The fourth-order valence-electron chi connectivity index (χ4n) is 0.398. The van der Waals surface area contributed by atoms with Gasteiger partial charge in [-0.1, -0.05) is 0 Å². The van der Waals surface area contributed by atoms with E-state index in [2.05, 4.69) is 0 Å². The van der Waals surface area contributed by atoms with Gasteiger partial charge in [0.2, 0.25) is 0 Å². The summed E-state index contributed by atoms with van der Waals surface area (Å²) in [6.07, 6.45) is 0. The molecule has 0 aliphatic carbocycles. The van der Waals surface area contributed by atoms with Crippen molar-refractivity contribution in [3.8, 4) is 5.06 Å². The Morgan fingerprint density at radius 3 is 3.12 bits per heavy atom. The van der Waals surface area contributed by atoms with Crippen LogP contribution in [0.1, 0.15) is 0 Å². The highest BCUT2D eigenvalue weighted by Gasteiger charge is 1.87. The van der Waals surface area contributed by atoms with Gasteiger partial charge in [0, 0.05) is 0 Å². The maximum atomic E-state index is 4.98. The molecular weight excluding hydrogens is 122 g/mol. The Morgan fingerprint density at radius 2 is 2.62 bits per heavy atom. The van der Waals surface area contributed by atoms with Crippen LogP contribution in [0.4, 0.5) is 0 Å². The molecule has 3 heteroatoms. The molecular formula is C5H6NOS. The second kappa shape index (κ2) is 2.69. The van der Waals surface area contributed by atoms with Crippen LogP contribution in [-0.4, -0.2) is 0 Å². The molecule has 2 N–H and O–H groups in total. The summed E-state index contributed by atoms with van der Waals surface area (Å²) in [5, 5.41) is 2.76. The topological polar surface area (TPSA) is 35.2 Å². The number of hydrogen-bond acceptors (Lipinski definition) is 3. The number of hydrogen-bond donors (Lipinski definition) is 1. The molecule has 1 aromatic heterocycles. The summed E-state index contributed by atoms with van der Waals surface area (Å²) >= 11 is 1.51. The third kappa shape index (κ3) is 1.21. The van der Waals surface area contributed by atoms with E-state index in [1.807, 2.05) is 17.5 Å². The van der Waals surface area contributed by atoms with Crippen molar-refractivity contribution in [2.24, 2.45) is 5.73 Å². The van der Waals surface area contributed by atoms with Gasteiger partial charge in [-0.15, -0.1) is 11.3 Å². The summed E-state index contributed by atoms with van der Waals surface area (Å²) < 4.78 is 4.82. The SMILES string of the molecule is N[CH]Oc1cccs1. The van der Waals surface area contributed by atoms with E-state index in [1.165, 1.54) is 18.1 Å². The molecule has 0 unspecified atom stereocenters. The van der Waals surface area contributed by atoms with Gasteiger partial charge in [-0.2, -0.15) is 0 Å². The molecule has 0 saturated carbocycles. The molecule has 43 valence electrons. The lowest BCUT2D eigenvalue weighted by Crippen LogP contribution is -1.96. The first-order valence-electron chi connectivity index (χ1n) is 2.17. The zero-order valence-corrected chi connectivity index (χ0v) is 5.02. The van der Waals surface area contributed by atoms with Crippen LogP contribution in [0, 0.1) is 6.73 Å². The Bertz CT molecular complexity index is 138. The molecule has 0 aliphatic rings. The Balaban J connectivity index is 2.50. The van der Waals surface area contributed by atoms with Crippen LogP contribution in [0.3, 0.4) is 0 Å². The van der Waals surface area contributed by atoms with Gasteiger partial charge in [0.1, 0.15) is 0 Å². The van der Waals surface area contributed by atoms with Crippen LogP contribution >= 0.6 is 11.3 Å². The largest absolute Gasteiger partial charge is 0.461 e. The van der Waals surface area contributed by atoms with Gasteiger partial charge in [0.15, 0.2) is 11.8 Å². The normalized spacial score (nSPS) is 9.12. The van der Waals surface area contributed by atoms with Crippen molar-refractivity contribution in [1.29, 1.82) is 0 Å². The number of thiophene rings is 1. The fourth-order valence-corrected chi connectivity index (χ4v) is 0.957. The first-order valence-corrected chi connectivity index (χ1v) is 3.05. The lowest BCUT2D eigenvalue weighted by molar-refractivity contribution is 0.420. The van der Waals surface area contributed by atoms with Crippen molar-refractivity contribution in [1.82, 2.24) is 0 Å². The van der Waals surface area contributed by atoms with E-state index >= 15 is 0 Å². The van der Waals surface area contributed by atoms with E-state index in [4.69, 9.17) is 10.5 Å². The fraction of sp³-hybridized carbons (Fsp3) is 0. The van der Waals surface area contributed by atoms with E-state index in [-0.39, 0.29) is 0 Å². The zero-order chi connectivity index (χ0) is 5.82. The quantitative estimate of drug-likeness (QED) is 0.649. The predicted molar refractivity (Wildman–Crippen MR) is 33.4 cm³/mol. The molecule has 1 radical (unpaired) electrons. The molecule has 1 heterocycles. The Kier molecular flexibility index (Phi) is 1.88. The first kappa shape index (κ1) is 5.59. The van der Waals surface area contributed by atoms with Crippen LogP contribution in [0.25, 0.3) is 0 Å². The predicted octanol–water partition coefficient (Wildman–Crippen LogP) is 1.20. The molecule has 2 nitrogen and oxygen atoms in total. The van der Waals surface area contributed by atoms with E-state index in [1.54, 1.807) is 0 Å². The lowest BCUT2D eigenvalue weighted by Gasteiger charge is -1.92. The smallest absolute Gasteiger partial charge is 0.199 e. The van der Waals surface area contributed by atoms with Gasteiger partial charge in [-0.3, -0.25) is 5.73 Å². The Hall–Kier alpha value is -0.540. The third-order valence-corrected chi connectivity index (χ3v) is 1.44. The summed E-state index contributed by atoms with van der Waals surface area (Å²) in [5.41, 5.74) is 4.98. The molecule has 0 aliphatic heterocycles. The molecule has 0 fully saturated rings. The van der Waals surface area contributed by atoms with Crippen molar-refractivity contribution < 1.29 is 4.74 Å². The van der Waals surface area contributed by atoms with Crippen molar-refractivity contribution in [2.75, 3.05) is 0 Å². The zero-order valence-electron chi connectivity index (χ0n) is 4.20. The highest BCUT2D eigenvalue weighted by molar-refractivity contribution is 7.11. The van der Waals surface area contributed by atoms with Gasteiger partial charge in [-0.25, -0.2) is 0 Å². The number of rotatable bonds is 2. The summed E-state index contributed by atoms with van der Waals surface area (Å²) in [7, 11) is 0. The molecule has 0 bridgehead atoms. The molecule has 0 atom stereocenters. The number of nitrogens with two attached hydrogens (primary N) is 1. The minimum absolute atomic E-state index is 0.826. The van der Waals surface area contributed by atoms with E-state index in [0.717, 1.165) is 5.06 Å². The van der Waals surface area contributed by atoms with Gasteiger partial charge >= 0.3 is 0 Å². The molecule has 0 spiro atoms. The minimum atomic E-state index is 0.826.